The highest BCUT2D eigenvalue weighted by atomic mass is 35.5. The second-order valence-corrected chi connectivity index (χ2v) is 15.0. The molecule has 2 aliphatic heterocycles. The number of hydrogen-bond donors (Lipinski definition) is 4. The third kappa shape index (κ3) is 7.66. The quantitative estimate of drug-likeness (QED) is 0.126. The molecule has 5 heterocycles. The molecule has 2 aromatic carbocycles. The van der Waals surface area contributed by atoms with Crippen LogP contribution >= 0.6 is 23.2 Å². The van der Waals surface area contributed by atoms with Crippen LogP contribution in [-0.2, 0) is 22.7 Å². The molecule has 2 aliphatic rings. The number of nitrogens with zero attached hydrogens (tertiary/aromatic N) is 3. The van der Waals surface area contributed by atoms with E-state index in [1.54, 1.807) is 19.5 Å². The van der Waals surface area contributed by atoms with E-state index in [1.807, 2.05) is 60.7 Å². The second-order valence-electron chi connectivity index (χ2n) is 14.3. The third-order valence-corrected chi connectivity index (χ3v) is 11.0. The Balaban J connectivity index is 1.10. The summed E-state index contributed by atoms with van der Waals surface area (Å²) >= 11 is 14.2. The van der Waals surface area contributed by atoms with Gasteiger partial charge in [0.05, 0.1) is 22.8 Å². The summed E-state index contributed by atoms with van der Waals surface area (Å²) in [5.74, 6) is 0.627. The maximum atomic E-state index is 13.4. The average Bonchev–Trinajstić information content (AvgIpc) is 3.68. The van der Waals surface area contributed by atoms with Gasteiger partial charge in [-0.2, -0.15) is 0 Å². The second kappa shape index (κ2) is 15.3. The summed E-state index contributed by atoms with van der Waals surface area (Å²) in [7, 11) is 1.59. The fraction of sp³-hybridized carbons (Fsp3) is 0.325. The third-order valence-electron chi connectivity index (χ3n) is 10.1. The van der Waals surface area contributed by atoms with Gasteiger partial charge in [-0.1, -0.05) is 79.5 Å². The number of ether oxygens (including phenoxy) is 1. The summed E-state index contributed by atoms with van der Waals surface area (Å²) in [5, 5.41) is 13.7. The van der Waals surface area contributed by atoms with Crippen LogP contribution in [0.4, 0.5) is 0 Å². The first-order chi connectivity index (χ1) is 25.5. The van der Waals surface area contributed by atoms with Crippen LogP contribution in [0, 0.1) is 5.41 Å². The van der Waals surface area contributed by atoms with Gasteiger partial charge in [-0.25, -0.2) is 9.97 Å². The smallest absolute Gasteiger partial charge is 0.262 e. The molecule has 2 amide bonds. The molecule has 274 valence electrons. The molecule has 2 unspecified atom stereocenters. The number of fused-ring (bicyclic) bond motifs is 1. The van der Waals surface area contributed by atoms with Crippen LogP contribution in [-0.4, -0.2) is 58.5 Å². The molecule has 0 aliphatic carbocycles. The highest BCUT2D eigenvalue weighted by Gasteiger charge is 2.38. The maximum Gasteiger partial charge on any atom is 0.262 e. The largest absolute Gasteiger partial charge is 0.481 e. The van der Waals surface area contributed by atoms with Crippen molar-refractivity contribution in [3.8, 4) is 39.4 Å². The Bertz CT molecular complexity index is 2270. The fourth-order valence-corrected chi connectivity index (χ4v) is 7.76. The SMILES string of the molecule is COc1nc(-c2cccc(-c3cccc(-c4ccn5c(=O)c(CNCC6NC(=O)CC6(C)C)cnc5c4)c3Cl)c2Cl)ccc1CNCC1CCC(=O)N1. The van der Waals surface area contributed by atoms with E-state index in [0.717, 1.165) is 39.8 Å². The number of rotatable bonds is 12. The fourth-order valence-electron chi connectivity index (χ4n) is 7.10. The summed E-state index contributed by atoms with van der Waals surface area (Å²) in [6.45, 7) is 6.22. The van der Waals surface area contributed by atoms with Gasteiger partial charge in [-0.15, -0.1) is 0 Å². The normalized spacial score (nSPS) is 18.0. The molecule has 53 heavy (non-hydrogen) atoms. The number of carbonyl (C=O) groups is 2. The lowest BCUT2D eigenvalue weighted by Crippen LogP contribution is -2.42. The lowest BCUT2D eigenvalue weighted by Gasteiger charge is -2.25. The van der Waals surface area contributed by atoms with Gasteiger partial charge >= 0.3 is 0 Å². The zero-order chi connectivity index (χ0) is 37.3. The standard InChI is InChI=1S/C40H41Cl2N7O4/c1-40(2)17-35(51)48-32(40)22-44-19-25-20-45-33-16-23(14-15-49(33)39(25)52)27-6-4-7-28(36(27)41)29-8-5-9-30(37(29)42)31-12-10-24(38(47-31)53-3)18-43-21-26-11-13-34(50)46-26/h4-10,12,14-16,20,26,32,43-44H,11,13,17-19,21-22H2,1-3H3,(H,46,50)(H,48,51). The van der Waals surface area contributed by atoms with Crippen molar-refractivity contribution in [3.05, 3.63) is 105 Å². The minimum Gasteiger partial charge on any atom is -0.481 e. The minimum absolute atomic E-state index is 0.00818. The van der Waals surface area contributed by atoms with E-state index in [0.29, 0.717) is 71.9 Å². The molecule has 3 aromatic heterocycles. The van der Waals surface area contributed by atoms with Gasteiger partial charge in [0.15, 0.2) is 0 Å². The minimum atomic E-state index is -0.166. The van der Waals surface area contributed by atoms with Crippen LogP contribution in [0.2, 0.25) is 10.0 Å². The molecular weight excluding hydrogens is 713 g/mol. The van der Waals surface area contributed by atoms with E-state index in [-0.39, 0.29) is 34.9 Å². The Hall–Kier alpha value is -4.81. The molecule has 0 spiro atoms. The van der Waals surface area contributed by atoms with Crippen molar-refractivity contribution >= 4 is 40.7 Å². The van der Waals surface area contributed by atoms with Gasteiger partial charge in [0, 0.05) is 96.9 Å². The van der Waals surface area contributed by atoms with Crippen LogP contribution in [0.3, 0.4) is 0 Å². The molecule has 5 aromatic rings. The Morgan fingerprint density at radius 1 is 0.868 bits per heavy atom. The lowest BCUT2D eigenvalue weighted by molar-refractivity contribution is -0.120. The van der Waals surface area contributed by atoms with Crippen molar-refractivity contribution in [1.82, 2.24) is 35.6 Å². The van der Waals surface area contributed by atoms with Crippen molar-refractivity contribution in [1.29, 1.82) is 0 Å². The number of benzene rings is 2. The van der Waals surface area contributed by atoms with Gasteiger partial charge in [-0.3, -0.25) is 18.8 Å². The molecular formula is C40H41Cl2N7O4. The van der Waals surface area contributed by atoms with Gasteiger partial charge < -0.3 is 26.0 Å². The highest BCUT2D eigenvalue weighted by molar-refractivity contribution is 6.39. The average molecular weight is 755 g/mol. The van der Waals surface area contributed by atoms with Crippen LogP contribution in [0.1, 0.15) is 44.2 Å². The molecule has 0 radical (unpaired) electrons. The van der Waals surface area contributed by atoms with Gasteiger partial charge in [0.25, 0.3) is 5.56 Å². The van der Waals surface area contributed by atoms with E-state index < -0.39 is 0 Å². The Labute approximate surface area is 317 Å². The van der Waals surface area contributed by atoms with Gasteiger partial charge in [0.2, 0.25) is 17.7 Å². The van der Waals surface area contributed by atoms with Crippen LogP contribution in [0.15, 0.2) is 77.9 Å². The topological polar surface area (TPSA) is 139 Å². The Morgan fingerprint density at radius 3 is 2.26 bits per heavy atom. The molecule has 2 fully saturated rings. The highest BCUT2D eigenvalue weighted by Crippen LogP contribution is 2.42. The van der Waals surface area contributed by atoms with Crippen molar-refractivity contribution < 1.29 is 14.3 Å². The lowest BCUT2D eigenvalue weighted by atomic mass is 9.85. The van der Waals surface area contributed by atoms with E-state index in [1.165, 1.54) is 4.40 Å². The summed E-state index contributed by atoms with van der Waals surface area (Å²) < 4.78 is 7.17. The molecule has 0 saturated carbocycles. The zero-order valence-electron chi connectivity index (χ0n) is 29.8. The number of hydrogen-bond acceptors (Lipinski definition) is 8. The van der Waals surface area contributed by atoms with E-state index in [4.69, 9.17) is 32.9 Å². The molecule has 4 N–H and O–H groups in total. The van der Waals surface area contributed by atoms with Crippen molar-refractivity contribution in [2.45, 2.75) is 58.3 Å². The van der Waals surface area contributed by atoms with Crippen LogP contribution in [0.5, 0.6) is 5.88 Å². The summed E-state index contributed by atoms with van der Waals surface area (Å²) in [5.41, 5.74) is 6.03. The van der Waals surface area contributed by atoms with Gasteiger partial charge in [0.1, 0.15) is 5.65 Å². The van der Waals surface area contributed by atoms with Crippen LogP contribution in [0.25, 0.3) is 39.2 Å². The summed E-state index contributed by atoms with van der Waals surface area (Å²) in [4.78, 5) is 46.2. The maximum absolute atomic E-state index is 13.4. The number of halogens is 2. The van der Waals surface area contributed by atoms with Crippen molar-refractivity contribution in [2.75, 3.05) is 20.2 Å². The first kappa shape index (κ1) is 36.5. The number of nitrogens with one attached hydrogen (secondary N) is 4. The summed E-state index contributed by atoms with van der Waals surface area (Å²) in [6, 6.07) is 19.2. The predicted molar refractivity (Wildman–Crippen MR) is 207 cm³/mol. The van der Waals surface area contributed by atoms with Crippen LogP contribution < -0.4 is 31.6 Å². The van der Waals surface area contributed by atoms with Crippen molar-refractivity contribution in [3.63, 3.8) is 0 Å². The zero-order valence-corrected chi connectivity index (χ0v) is 31.3. The van der Waals surface area contributed by atoms with E-state index >= 15 is 0 Å². The molecule has 11 nitrogen and oxygen atoms in total. The Morgan fingerprint density at radius 2 is 1.57 bits per heavy atom. The number of aromatic nitrogens is 3. The molecule has 0 bridgehead atoms. The first-order valence-corrected chi connectivity index (χ1v) is 18.4. The molecule has 2 atom stereocenters. The predicted octanol–water partition coefficient (Wildman–Crippen LogP) is 5.78. The molecule has 2 saturated heterocycles. The van der Waals surface area contributed by atoms with E-state index in [2.05, 4.69) is 40.1 Å². The number of methoxy groups -OCH3 is 1. The molecule has 13 heteroatoms. The number of pyridine rings is 2. The van der Waals surface area contributed by atoms with Gasteiger partial charge in [-0.05, 0) is 35.6 Å². The first-order valence-electron chi connectivity index (χ1n) is 17.6. The van der Waals surface area contributed by atoms with E-state index in [9.17, 15) is 14.4 Å². The Kier molecular flexibility index (Phi) is 10.5. The summed E-state index contributed by atoms with van der Waals surface area (Å²) in [6.07, 6.45) is 5.19. The molecule has 7 rings (SSSR count). The monoisotopic (exact) mass is 753 g/mol. The number of carbonyl (C=O) groups excluding carboxylic acids is 2. The van der Waals surface area contributed by atoms with Crippen molar-refractivity contribution in [2.24, 2.45) is 5.41 Å². The number of amides is 2.